The zero-order valence-corrected chi connectivity index (χ0v) is 18.2. The van der Waals surface area contributed by atoms with E-state index in [0.717, 1.165) is 33.5 Å². The normalized spacial score (nSPS) is 18.3. The summed E-state index contributed by atoms with van der Waals surface area (Å²) in [6.45, 7) is 0.631. The summed E-state index contributed by atoms with van der Waals surface area (Å²) in [6, 6.07) is 26.1. The Morgan fingerprint density at radius 2 is 1.69 bits per heavy atom. The number of rotatable bonds is 5. The predicted molar refractivity (Wildman–Crippen MR) is 125 cm³/mol. The number of aromatic amines is 1. The highest BCUT2D eigenvalue weighted by atomic mass is 16.5. The van der Waals surface area contributed by atoms with Gasteiger partial charge in [0.15, 0.2) is 0 Å². The molecule has 0 aliphatic carbocycles. The van der Waals surface area contributed by atoms with Crippen molar-refractivity contribution < 1.29 is 14.3 Å². The van der Waals surface area contributed by atoms with Crippen LogP contribution in [-0.2, 0) is 22.5 Å². The summed E-state index contributed by atoms with van der Waals surface area (Å²) in [7, 11) is 3.14. The molecule has 0 spiro atoms. The first-order valence-corrected chi connectivity index (χ1v) is 10.8. The highest BCUT2D eigenvalue weighted by molar-refractivity contribution is 5.87. The van der Waals surface area contributed by atoms with Gasteiger partial charge in [-0.3, -0.25) is 9.69 Å². The number of nitrogens with zero attached hydrogens (tertiary/aromatic N) is 1. The van der Waals surface area contributed by atoms with Gasteiger partial charge in [0, 0.05) is 29.6 Å². The Hall–Kier alpha value is -3.57. The van der Waals surface area contributed by atoms with Crippen LogP contribution in [0.25, 0.3) is 10.9 Å². The molecule has 0 saturated carbocycles. The summed E-state index contributed by atoms with van der Waals surface area (Å²) in [5.74, 6) is 0.593. The van der Waals surface area contributed by atoms with E-state index in [0.29, 0.717) is 13.0 Å². The third-order valence-corrected chi connectivity index (χ3v) is 6.36. The zero-order chi connectivity index (χ0) is 22.1. The minimum atomic E-state index is -0.390. The molecule has 5 rings (SSSR count). The van der Waals surface area contributed by atoms with Gasteiger partial charge in [0.05, 0.1) is 20.3 Å². The van der Waals surface area contributed by atoms with Gasteiger partial charge in [-0.25, -0.2) is 0 Å². The van der Waals surface area contributed by atoms with Crippen molar-refractivity contribution in [1.29, 1.82) is 0 Å². The Bertz CT molecular complexity index is 1230. The van der Waals surface area contributed by atoms with Crippen LogP contribution in [-0.4, -0.2) is 36.1 Å². The molecule has 0 unspecified atom stereocenters. The van der Waals surface area contributed by atoms with E-state index in [1.807, 2.05) is 42.5 Å². The number of methoxy groups -OCH3 is 2. The molecule has 0 bridgehead atoms. The van der Waals surface area contributed by atoms with Crippen molar-refractivity contribution in [2.75, 3.05) is 14.2 Å². The van der Waals surface area contributed by atoms with E-state index >= 15 is 0 Å². The van der Waals surface area contributed by atoms with Crippen molar-refractivity contribution in [2.45, 2.75) is 25.0 Å². The number of ether oxygens (including phenoxy) is 2. The zero-order valence-electron chi connectivity index (χ0n) is 18.2. The van der Waals surface area contributed by atoms with Gasteiger partial charge in [-0.05, 0) is 34.9 Å². The summed E-state index contributed by atoms with van der Waals surface area (Å²) in [4.78, 5) is 18.9. The highest BCUT2D eigenvalue weighted by Crippen LogP contribution is 2.42. The standard InChI is InChI=1S/C27H26N2O3/c1-31-20-14-12-19(13-15-20)26-25-22(21-10-6-7-11-23(21)28-25)16-24(27(30)32-2)29(26)17-18-8-4-3-5-9-18/h3-15,24,26,28H,16-17H2,1-2H3/t24-,26-/m0/s1. The molecule has 162 valence electrons. The summed E-state index contributed by atoms with van der Waals surface area (Å²) in [5.41, 5.74) is 5.65. The fraction of sp³-hybridized carbons (Fsp3) is 0.222. The van der Waals surface area contributed by atoms with E-state index in [1.165, 1.54) is 12.7 Å². The van der Waals surface area contributed by atoms with Crippen molar-refractivity contribution in [3.8, 4) is 5.75 Å². The lowest BCUT2D eigenvalue weighted by Gasteiger charge is -2.41. The molecule has 5 heteroatoms. The number of nitrogens with one attached hydrogen (secondary N) is 1. The molecule has 5 nitrogen and oxygen atoms in total. The quantitative estimate of drug-likeness (QED) is 0.463. The molecule has 0 amide bonds. The number of fused-ring (bicyclic) bond motifs is 3. The largest absolute Gasteiger partial charge is 0.497 e. The van der Waals surface area contributed by atoms with Gasteiger partial charge in [0.1, 0.15) is 11.8 Å². The molecule has 32 heavy (non-hydrogen) atoms. The summed E-state index contributed by atoms with van der Waals surface area (Å²) in [5, 5.41) is 1.16. The maximum Gasteiger partial charge on any atom is 0.323 e. The number of esters is 1. The second-order valence-corrected chi connectivity index (χ2v) is 8.14. The van der Waals surface area contributed by atoms with E-state index in [4.69, 9.17) is 9.47 Å². The molecule has 1 aliphatic heterocycles. The molecule has 2 atom stereocenters. The number of carbonyl (C=O) groups is 1. The predicted octanol–water partition coefficient (Wildman–Crippen LogP) is 4.87. The molecule has 1 N–H and O–H groups in total. The fourth-order valence-corrected chi connectivity index (χ4v) is 4.83. The number of aromatic nitrogens is 1. The van der Waals surface area contributed by atoms with Crippen LogP contribution in [0.1, 0.15) is 28.4 Å². The lowest BCUT2D eigenvalue weighted by atomic mass is 9.87. The Kier molecular flexibility index (Phi) is 5.41. The van der Waals surface area contributed by atoms with Crippen LogP contribution in [0, 0.1) is 0 Å². The minimum Gasteiger partial charge on any atom is -0.497 e. The third-order valence-electron chi connectivity index (χ3n) is 6.36. The Morgan fingerprint density at radius 1 is 0.969 bits per heavy atom. The van der Waals surface area contributed by atoms with E-state index in [-0.39, 0.29) is 18.1 Å². The van der Waals surface area contributed by atoms with Crippen LogP contribution in [0.2, 0.25) is 0 Å². The van der Waals surface area contributed by atoms with Gasteiger partial charge in [-0.2, -0.15) is 0 Å². The second kappa shape index (κ2) is 8.52. The molecule has 4 aromatic rings. The van der Waals surface area contributed by atoms with Crippen LogP contribution in [0.3, 0.4) is 0 Å². The third kappa shape index (κ3) is 3.55. The fourth-order valence-electron chi connectivity index (χ4n) is 4.83. The van der Waals surface area contributed by atoms with Crippen molar-refractivity contribution in [2.24, 2.45) is 0 Å². The van der Waals surface area contributed by atoms with Crippen LogP contribution >= 0.6 is 0 Å². The van der Waals surface area contributed by atoms with E-state index < -0.39 is 0 Å². The first kappa shape index (κ1) is 20.3. The van der Waals surface area contributed by atoms with Crippen LogP contribution in [0.5, 0.6) is 5.75 Å². The topological polar surface area (TPSA) is 54.6 Å². The lowest BCUT2D eigenvalue weighted by molar-refractivity contribution is -0.148. The average molecular weight is 427 g/mol. The molecule has 0 saturated heterocycles. The van der Waals surface area contributed by atoms with Gasteiger partial charge in [0.2, 0.25) is 0 Å². The number of hydrogen-bond acceptors (Lipinski definition) is 4. The second-order valence-electron chi connectivity index (χ2n) is 8.14. The van der Waals surface area contributed by atoms with Crippen molar-refractivity contribution >= 4 is 16.9 Å². The molecule has 1 aliphatic rings. The van der Waals surface area contributed by atoms with Gasteiger partial charge < -0.3 is 14.5 Å². The first-order valence-electron chi connectivity index (χ1n) is 10.8. The van der Waals surface area contributed by atoms with Gasteiger partial charge in [0.25, 0.3) is 0 Å². The highest BCUT2D eigenvalue weighted by Gasteiger charge is 2.41. The van der Waals surface area contributed by atoms with Crippen molar-refractivity contribution in [3.63, 3.8) is 0 Å². The van der Waals surface area contributed by atoms with E-state index in [9.17, 15) is 4.79 Å². The average Bonchev–Trinajstić information content (AvgIpc) is 3.22. The molecular weight excluding hydrogens is 400 g/mol. The van der Waals surface area contributed by atoms with Crippen LogP contribution in [0.4, 0.5) is 0 Å². The molecule has 1 aromatic heterocycles. The number of para-hydroxylation sites is 1. The Morgan fingerprint density at radius 3 is 2.41 bits per heavy atom. The minimum absolute atomic E-state index is 0.124. The number of hydrogen-bond donors (Lipinski definition) is 1. The van der Waals surface area contributed by atoms with E-state index in [1.54, 1.807) is 7.11 Å². The summed E-state index contributed by atoms with van der Waals surface area (Å²) >= 11 is 0. The van der Waals surface area contributed by atoms with Crippen LogP contribution in [0.15, 0.2) is 78.9 Å². The Labute approximate surface area is 187 Å². The van der Waals surface area contributed by atoms with Gasteiger partial charge in [-0.1, -0.05) is 60.7 Å². The first-order chi connectivity index (χ1) is 15.7. The molecular formula is C27H26N2O3. The maximum absolute atomic E-state index is 13.0. The molecule has 2 heterocycles. The number of carbonyl (C=O) groups excluding carboxylic acids is 1. The maximum atomic E-state index is 13.0. The Balaban J connectivity index is 1.70. The van der Waals surface area contributed by atoms with Gasteiger partial charge in [-0.15, -0.1) is 0 Å². The van der Waals surface area contributed by atoms with E-state index in [2.05, 4.69) is 46.3 Å². The molecule has 3 aromatic carbocycles. The summed E-state index contributed by atoms with van der Waals surface area (Å²) < 4.78 is 10.6. The SMILES string of the molecule is COC(=O)[C@@H]1Cc2c([nH]c3ccccc23)[C@H](c2ccc(OC)cc2)N1Cc1ccccc1. The van der Waals surface area contributed by atoms with Gasteiger partial charge >= 0.3 is 5.97 Å². The van der Waals surface area contributed by atoms with Crippen molar-refractivity contribution in [1.82, 2.24) is 9.88 Å². The number of benzene rings is 3. The van der Waals surface area contributed by atoms with Crippen molar-refractivity contribution in [3.05, 3.63) is 101 Å². The molecule has 0 fully saturated rings. The lowest BCUT2D eigenvalue weighted by Crippen LogP contribution is -2.48. The smallest absolute Gasteiger partial charge is 0.323 e. The summed E-state index contributed by atoms with van der Waals surface area (Å²) in [6.07, 6.45) is 0.603. The monoisotopic (exact) mass is 426 g/mol. The number of H-pyrrole nitrogens is 1. The molecule has 0 radical (unpaired) electrons. The van der Waals surface area contributed by atoms with Crippen LogP contribution < -0.4 is 4.74 Å².